The molecule has 3 N–H and O–H groups in total. The van der Waals surface area contributed by atoms with Crippen LogP contribution in [0.1, 0.15) is 74.1 Å². The van der Waals surface area contributed by atoms with Gasteiger partial charge < -0.3 is 16.0 Å². The van der Waals surface area contributed by atoms with Crippen LogP contribution in [-0.4, -0.2) is 46.3 Å². The summed E-state index contributed by atoms with van der Waals surface area (Å²) in [6, 6.07) is 3.09. The lowest BCUT2D eigenvalue weighted by molar-refractivity contribution is -0.138. The van der Waals surface area contributed by atoms with E-state index in [2.05, 4.69) is 15.7 Å². The molecular formula is C28H35F4N5O3. The third kappa shape index (κ3) is 7.39. The normalized spacial score (nSPS) is 16.2. The number of aryl methyl sites for hydroxylation is 1. The second kappa shape index (κ2) is 12.0. The molecule has 0 bridgehead atoms. The first-order chi connectivity index (χ1) is 18.9. The quantitative estimate of drug-likeness (QED) is 0.328. The molecule has 2 fully saturated rings. The van der Waals surface area contributed by atoms with Crippen LogP contribution in [-0.2, 0) is 22.4 Å². The van der Waals surface area contributed by atoms with Gasteiger partial charge in [-0.25, -0.2) is 4.39 Å². The van der Waals surface area contributed by atoms with E-state index in [0.717, 1.165) is 31.7 Å². The van der Waals surface area contributed by atoms with E-state index in [1.165, 1.54) is 12.3 Å². The number of alkyl halides is 3. The van der Waals surface area contributed by atoms with Gasteiger partial charge in [0.25, 0.3) is 5.91 Å². The molecule has 40 heavy (non-hydrogen) atoms. The van der Waals surface area contributed by atoms with Crippen molar-refractivity contribution in [2.24, 2.45) is 17.8 Å². The molecule has 4 rings (SSSR count). The molecule has 12 heteroatoms. The molecule has 1 aromatic heterocycles. The number of hydrogen-bond acceptors (Lipinski definition) is 4. The Kier molecular flexibility index (Phi) is 8.84. The third-order valence-electron chi connectivity index (χ3n) is 7.44. The van der Waals surface area contributed by atoms with Gasteiger partial charge in [-0.2, -0.15) is 18.3 Å². The highest BCUT2D eigenvalue weighted by molar-refractivity contribution is 6.01. The molecule has 1 aromatic carbocycles. The Morgan fingerprint density at radius 3 is 2.27 bits per heavy atom. The van der Waals surface area contributed by atoms with Crippen LogP contribution in [0.5, 0.6) is 0 Å². The summed E-state index contributed by atoms with van der Waals surface area (Å²) >= 11 is 0. The zero-order valence-electron chi connectivity index (χ0n) is 22.8. The van der Waals surface area contributed by atoms with Crippen molar-refractivity contribution < 1.29 is 31.9 Å². The van der Waals surface area contributed by atoms with Crippen molar-refractivity contribution in [3.8, 4) is 0 Å². The smallest absolute Gasteiger partial charge is 0.347 e. The molecule has 2 saturated carbocycles. The molecule has 8 nitrogen and oxygen atoms in total. The van der Waals surface area contributed by atoms with Crippen molar-refractivity contribution in [2.75, 3.05) is 11.9 Å². The molecule has 1 heterocycles. The van der Waals surface area contributed by atoms with Crippen LogP contribution in [0.15, 0.2) is 24.4 Å². The Morgan fingerprint density at radius 1 is 1.07 bits per heavy atom. The summed E-state index contributed by atoms with van der Waals surface area (Å²) in [5.74, 6) is -2.16. The second-order valence-corrected chi connectivity index (χ2v) is 11.0. The lowest BCUT2D eigenvalue weighted by Gasteiger charge is -2.28. The van der Waals surface area contributed by atoms with Gasteiger partial charge in [0.1, 0.15) is 24.1 Å². The predicted octanol–water partition coefficient (Wildman–Crippen LogP) is 4.56. The van der Waals surface area contributed by atoms with E-state index < -0.39 is 48.7 Å². The highest BCUT2D eigenvalue weighted by Crippen LogP contribution is 2.51. The van der Waals surface area contributed by atoms with Crippen LogP contribution < -0.4 is 16.0 Å². The molecule has 2 aliphatic carbocycles. The lowest BCUT2D eigenvalue weighted by atomic mass is 9.88. The van der Waals surface area contributed by atoms with Crippen molar-refractivity contribution >= 4 is 23.4 Å². The van der Waals surface area contributed by atoms with Crippen molar-refractivity contribution in [1.29, 1.82) is 0 Å². The number of aromatic nitrogens is 2. The van der Waals surface area contributed by atoms with Crippen LogP contribution in [0.3, 0.4) is 0 Å². The summed E-state index contributed by atoms with van der Waals surface area (Å²) in [4.78, 5) is 39.0. The summed E-state index contributed by atoms with van der Waals surface area (Å²) in [5, 5.41) is 11.5. The van der Waals surface area contributed by atoms with E-state index in [4.69, 9.17) is 0 Å². The van der Waals surface area contributed by atoms with Crippen molar-refractivity contribution in [2.45, 2.75) is 77.6 Å². The van der Waals surface area contributed by atoms with Crippen molar-refractivity contribution in [3.63, 3.8) is 0 Å². The highest BCUT2D eigenvalue weighted by atomic mass is 19.4. The lowest BCUT2D eigenvalue weighted by Crippen LogP contribution is -2.50. The number of rotatable bonds is 12. The van der Waals surface area contributed by atoms with Crippen LogP contribution in [0.25, 0.3) is 0 Å². The van der Waals surface area contributed by atoms with Gasteiger partial charge in [0.15, 0.2) is 0 Å². The van der Waals surface area contributed by atoms with Crippen LogP contribution in [0, 0.1) is 23.6 Å². The van der Waals surface area contributed by atoms with Gasteiger partial charge in [-0.05, 0) is 93.0 Å². The Balaban J connectivity index is 1.54. The number of benzene rings is 1. The van der Waals surface area contributed by atoms with Crippen LogP contribution in [0.4, 0.5) is 23.2 Å². The standard InChI is InChI=1S/C28H35F4N5O3/c1-4-16-12-21(20(29)11-19(16)13-23(38)33-14-28(30,31)32)35-27(40)25(24(17-5-6-17)18-7-8-18)36-26(39)22-9-10-34-37(22)15(2)3/h9-12,15,17-18,24-25H,4-8,13-14H2,1-3H3,(H,33,38)(H,35,40)(H,36,39). The first kappa shape index (κ1) is 29.5. The zero-order valence-corrected chi connectivity index (χ0v) is 22.8. The Hall–Kier alpha value is -3.44. The van der Waals surface area contributed by atoms with Gasteiger partial charge >= 0.3 is 6.18 Å². The maximum absolute atomic E-state index is 15.2. The topological polar surface area (TPSA) is 105 Å². The molecular weight excluding hydrogens is 530 g/mol. The van der Waals surface area contributed by atoms with Gasteiger partial charge in [0.05, 0.1) is 12.1 Å². The first-order valence-corrected chi connectivity index (χ1v) is 13.7. The van der Waals surface area contributed by atoms with Gasteiger partial charge in [0, 0.05) is 12.2 Å². The number of amides is 3. The molecule has 0 spiro atoms. The van der Waals surface area contributed by atoms with Crippen molar-refractivity contribution in [1.82, 2.24) is 20.4 Å². The summed E-state index contributed by atoms with van der Waals surface area (Å²) in [5.41, 5.74) is 0.961. The molecule has 0 radical (unpaired) electrons. The molecule has 218 valence electrons. The predicted molar refractivity (Wildman–Crippen MR) is 140 cm³/mol. The maximum atomic E-state index is 15.2. The molecule has 2 aliphatic rings. The van der Waals surface area contributed by atoms with E-state index in [-0.39, 0.29) is 23.2 Å². The van der Waals surface area contributed by atoms with Crippen LogP contribution >= 0.6 is 0 Å². The fourth-order valence-electron chi connectivity index (χ4n) is 5.24. The van der Waals surface area contributed by atoms with E-state index >= 15 is 4.39 Å². The fraction of sp³-hybridized carbons (Fsp3) is 0.571. The number of carbonyl (C=O) groups excluding carboxylic acids is 3. The van der Waals surface area contributed by atoms with Gasteiger partial charge in [-0.1, -0.05) is 6.92 Å². The zero-order chi connectivity index (χ0) is 29.2. The highest BCUT2D eigenvalue weighted by Gasteiger charge is 2.48. The van der Waals surface area contributed by atoms with Gasteiger partial charge in [0.2, 0.25) is 11.8 Å². The number of halogens is 4. The first-order valence-electron chi connectivity index (χ1n) is 13.7. The number of anilines is 1. The van der Waals surface area contributed by atoms with Crippen LogP contribution in [0.2, 0.25) is 0 Å². The Morgan fingerprint density at radius 2 is 1.73 bits per heavy atom. The Bertz CT molecular complexity index is 1240. The molecule has 2 aromatic rings. The SMILES string of the molecule is CCc1cc(NC(=O)C(NC(=O)c2ccnn2C(C)C)C(C2CC2)C2CC2)c(F)cc1CC(=O)NCC(F)(F)F. The third-order valence-corrected chi connectivity index (χ3v) is 7.44. The maximum Gasteiger partial charge on any atom is 0.405 e. The number of nitrogens with one attached hydrogen (secondary N) is 3. The summed E-state index contributed by atoms with van der Waals surface area (Å²) in [7, 11) is 0. The van der Waals surface area contributed by atoms with E-state index in [1.54, 1.807) is 23.0 Å². The second-order valence-electron chi connectivity index (χ2n) is 11.0. The summed E-state index contributed by atoms with van der Waals surface area (Å²) in [6.45, 7) is 4.07. The number of carbonyl (C=O) groups is 3. The molecule has 3 amide bonds. The van der Waals surface area contributed by atoms with Gasteiger partial charge in [-0.3, -0.25) is 19.1 Å². The fourth-order valence-corrected chi connectivity index (χ4v) is 5.24. The molecule has 0 aliphatic heterocycles. The van der Waals surface area contributed by atoms with Gasteiger partial charge in [-0.15, -0.1) is 0 Å². The minimum absolute atomic E-state index is 0.0682. The minimum atomic E-state index is -4.55. The molecule has 1 atom stereocenters. The average molecular weight is 566 g/mol. The largest absolute Gasteiger partial charge is 0.405 e. The van der Waals surface area contributed by atoms with E-state index in [1.807, 2.05) is 13.8 Å². The monoisotopic (exact) mass is 565 g/mol. The summed E-state index contributed by atoms with van der Waals surface area (Å²) < 4.78 is 54.0. The minimum Gasteiger partial charge on any atom is -0.347 e. The average Bonchev–Trinajstić information content (AvgIpc) is 3.82. The van der Waals surface area contributed by atoms with E-state index in [0.29, 0.717) is 29.5 Å². The Labute approximate surface area is 230 Å². The number of hydrogen-bond donors (Lipinski definition) is 3. The molecule has 0 saturated heterocycles. The number of nitrogens with zero attached hydrogens (tertiary/aromatic N) is 2. The molecule has 1 unspecified atom stereocenters. The summed E-state index contributed by atoms with van der Waals surface area (Å²) in [6.07, 6.45) is 0.746. The van der Waals surface area contributed by atoms with E-state index in [9.17, 15) is 27.6 Å². The van der Waals surface area contributed by atoms with Crippen molar-refractivity contribution in [3.05, 3.63) is 47.0 Å².